The highest BCUT2D eigenvalue weighted by Crippen LogP contribution is 2.66. The van der Waals surface area contributed by atoms with Crippen molar-refractivity contribution in [3.05, 3.63) is 5.82 Å². The van der Waals surface area contributed by atoms with Crippen LogP contribution in [-0.4, -0.2) is 32.6 Å². The van der Waals surface area contributed by atoms with E-state index < -0.39 is 0 Å². The lowest BCUT2D eigenvalue weighted by Gasteiger charge is -2.27. The minimum atomic E-state index is 0.243. The van der Waals surface area contributed by atoms with Gasteiger partial charge in [-0.1, -0.05) is 25.5 Å². The maximum atomic E-state index is 12.4. The first kappa shape index (κ1) is 15.1. The van der Waals surface area contributed by atoms with Crippen molar-refractivity contribution in [2.24, 2.45) is 23.2 Å². The van der Waals surface area contributed by atoms with Gasteiger partial charge in [0, 0.05) is 18.4 Å². The van der Waals surface area contributed by atoms with Crippen molar-refractivity contribution < 1.29 is 4.79 Å². The highest BCUT2D eigenvalue weighted by atomic mass is 16.1. The third-order valence-corrected chi connectivity index (χ3v) is 6.71. The second-order valence-electron chi connectivity index (χ2n) is 8.47. The number of tetrazole rings is 1. The Bertz CT molecular complexity index is 556. The van der Waals surface area contributed by atoms with Crippen molar-refractivity contribution in [1.82, 2.24) is 25.9 Å². The molecule has 3 aliphatic carbocycles. The third-order valence-electron chi connectivity index (χ3n) is 6.71. The summed E-state index contributed by atoms with van der Waals surface area (Å²) in [5.41, 5.74) is 0.530. The van der Waals surface area contributed by atoms with Crippen molar-refractivity contribution in [1.29, 1.82) is 0 Å². The number of aromatic amines is 1. The molecule has 0 radical (unpaired) electrons. The van der Waals surface area contributed by atoms with Gasteiger partial charge in [-0.15, -0.1) is 10.2 Å². The van der Waals surface area contributed by atoms with E-state index >= 15 is 0 Å². The van der Waals surface area contributed by atoms with Gasteiger partial charge in [0.05, 0.1) is 0 Å². The molecule has 0 spiro atoms. The fourth-order valence-corrected chi connectivity index (χ4v) is 5.22. The van der Waals surface area contributed by atoms with Crippen LogP contribution in [0.3, 0.4) is 0 Å². The van der Waals surface area contributed by atoms with Crippen LogP contribution in [0.4, 0.5) is 0 Å². The maximum Gasteiger partial charge on any atom is 0.220 e. The maximum absolute atomic E-state index is 12.4. The van der Waals surface area contributed by atoms with Crippen molar-refractivity contribution in [3.8, 4) is 0 Å². The van der Waals surface area contributed by atoms with Crippen LogP contribution in [0, 0.1) is 23.2 Å². The van der Waals surface area contributed by atoms with E-state index in [1.54, 1.807) is 0 Å². The lowest BCUT2D eigenvalue weighted by molar-refractivity contribution is -0.123. The normalized spacial score (nSPS) is 38.1. The molecule has 1 aromatic rings. The molecule has 6 nitrogen and oxygen atoms in total. The fourth-order valence-electron chi connectivity index (χ4n) is 5.22. The number of carbonyl (C=O) groups is 1. The molecule has 3 unspecified atom stereocenters. The molecule has 0 aliphatic heterocycles. The molecule has 3 aliphatic rings. The molecule has 3 fully saturated rings. The SMILES string of the molecule is CC1(C)[C@@H]2CC(NC(=O)CC3CCCC(c4nn[nH]n4)C3)C[C@@H]21. The van der Waals surface area contributed by atoms with Crippen LogP contribution in [0.25, 0.3) is 0 Å². The van der Waals surface area contributed by atoms with Crippen molar-refractivity contribution in [2.45, 2.75) is 70.8 Å². The average molecular weight is 317 g/mol. The monoisotopic (exact) mass is 317 g/mol. The second-order valence-corrected chi connectivity index (χ2v) is 8.47. The van der Waals surface area contributed by atoms with Gasteiger partial charge in [0.15, 0.2) is 5.82 Å². The zero-order chi connectivity index (χ0) is 16.0. The van der Waals surface area contributed by atoms with E-state index in [2.05, 4.69) is 39.8 Å². The molecular formula is C17H27N5O. The number of carbonyl (C=O) groups excluding carboxylic acids is 1. The second kappa shape index (κ2) is 5.56. The summed E-state index contributed by atoms with van der Waals surface area (Å²) in [6.07, 6.45) is 7.43. The molecule has 23 heavy (non-hydrogen) atoms. The Morgan fingerprint density at radius 3 is 2.74 bits per heavy atom. The summed E-state index contributed by atoms with van der Waals surface area (Å²) in [6.45, 7) is 4.72. The molecule has 1 aromatic heterocycles. The molecule has 5 atom stereocenters. The van der Waals surface area contributed by atoms with E-state index in [4.69, 9.17) is 0 Å². The van der Waals surface area contributed by atoms with Crippen molar-refractivity contribution in [3.63, 3.8) is 0 Å². The van der Waals surface area contributed by atoms with Gasteiger partial charge in [0.1, 0.15) is 0 Å². The van der Waals surface area contributed by atoms with Crippen molar-refractivity contribution in [2.75, 3.05) is 0 Å². The largest absolute Gasteiger partial charge is 0.353 e. The van der Waals surface area contributed by atoms with Crippen LogP contribution in [-0.2, 0) is 4.79 Å². The summed E-state index contributed by atoms with van der Waals surface area (Å²) in [5.74, 6) is 3.55. The lowest BCUT2D eigenvalue weighted by atomic mass is 9.79. The van der Waals surface area contributed by atoms with E-state index in [-0.39, 0.29) is 5.91 Å². The van der Waals surface area contributed by atoms with E-state index in [0.717, 1.165) is 43.3 Å². The number of nitrogens with zero attached hydrogens (tertiary/aromatic N) is 3. The fraction of sp³-hybridized carbons (Fsp3) is 0.882. The number of hydrogen-bond donors (Lipinski definition) is 2. The number of H-pyrrole nitrogens is 1. The summed E-state index contributed by atoms with van der Waals surface area (Å²) < 4.78 is 0. The topological polar surface area (TPSA) is 83.6 Å². The Morgan fingerprint density at radius 1 is 1.26 bits per heavy atom. The molecule has 0 aromatic carbocycles. The molecular weight excluding hydrogens is 290 g/mol. The van der Waals surface area contributed by atoms with E-state index in [0.29, 0.717) is 29.7 Å². The Labute approximate surface area is 137 Å². The Morgan fingerprint density at radius 2 is 2.04 bits per heavy atom. The van der Waals surface area contributed by atoms with E-state index in [1.165, 1.54) is 12.8 Å². The summed E-state index contributed by atoms with van der Waals surface area (Å²) in [7, 11) is 0. The van der Waals surface area contributed by atoms with Gasteiger partial charge >= 0.3 is 0 Å². The summed E-state index contributed by atoms with van der Waals surface area (Å²) in [6, 6.07) is 0.419. The zero-order valence-corrected chi connectivity index (χ0v) is 14.1. The van der Waals surface area contributed by atoms with Gasteiger partial charge in [0.25, 0.3) is 0 Å². The van der Waals surface area contributed by atoms with Crippen LogP contribution >= 0.6 is 0 Å². The molecule has 6 heteroatoms. The molecule has 1 amide bonds. The van der Waals surface area contributed by atoms with Gasteiger partial charge in [-0.05, 0) is 55.3 Å². The van der Waals surface area contributed by atoms with Gasteiger partial charge in [-0.2, -0.15) is 5.21 Å². The van der Waals surface area contributed by atoms with Gasteiger partial charge in [-0.3, -0.25) is 4.79 Å². The predicted octanol–water partition coefficient (Wildman–Crippen LogP) is 2.41. The van der Waals surface area contributed by atoms with E-state index in [1.807, 2.05) is 0 Å². The van der Waals surface area contributed by atoms with Gasteiger partial charge < -0.3 is 5.32 Å². The standard InChI is InChI=1S/C17H27N5O/c1-17(2)13-8-12(9-14(13)17)18-15(23)7-10-4-3-5-11(6-10)16-19-21-22-20-16/h10-14H,3-9H2,1-2H3,(H,18,23)(H,19,20,21,22)/t10?,11?,12?,13-,14+. The first-order chi connectivity index (χ1) is 11.0. The molecule has 0 bridgehead atoms. The first-order valence-electron chi connectivity index (χ1n) is 9.06. The number of hydrogen-bond acceptors (Lipinski definition) is 4. The van der Waals surface area contributed by atoms with Crippen molar-refractivity contribution >= 4 is 5.91 Å². The molecule has 4 rings (SSSR count). The van der Waals surface area contributed by atoms with Crippen LogP contribution in [0.5, 0.6) is 0 Å². The first-order valence-corrected chi connectivity index (χ1v) is 9.06. The summed E-state index contributed by atoms with van der Waals surface area (Å²) in [4.78, 5) is 12.4. The Kier molecular flexibility index (Phi) is 3.65. The highest BCUT2D eigenvalue weighted by molar-refractivity contribution is 5.76. The average Bonchev–Trinajstić information content (AvgIpc) is 3.01. The Balaban J connectivity index is 1.25. The smallest absolute Gasteiger partial charge is 0.220 e. The Hall–Kier alpha value is -1.46. The van der Waals surface area contributed by atoms with E-state index in [9.17, 15) is 4.79 Å². The highest BCUT2D eigenvalue weighted by Gasteiger charge is 2.62. The number of nitrogens with one attached hydrogen (secondary N) is 2. The minimum Gasteiger partial charge on any atom is -0.353 e. The van der Waals surface area contributed by atoms with Crippen LogP contribution < -0.4 is 5.32 Å². The molecule has 0 saturated heterocycles. The number of amides is 1. The molecule has 1 heterocycles. The van der Waals surface area contributed by atoms with Gasteiger partial charge in [-0.25, -0.2) is 0 Å². The lowest BCUT2D eigenvalue weighted by Crippen LogP contribution is -2.36. The zero-order valence-electron chi connectivity index (χ0n) is 14.1. The molecule has 126 valence electrons. The molecule has 2 N–H and O–H groups in total. The predicted molar refractivity (Wildman–Crippen MR) is 85.4 cm³/mol. The van der Waals surface area contributed by atoms with Crippen LogP contribution in [0.15, 0.2) is 0 Å². The quantitative estimate of drug-likeness (QED) is 0.893. The van der Waals surface area contributed by atoms with Gasteiger partial charge in [0.2, 0.25) is 5.91 Å². The summed E-state index contributed by atoms with van der Waals surface area (Å²) in [5, 5.41) is 17.7. The van der Waals surface area contributed by atoms with Crippen LogP contribution in [0.2, 0.25) is 0 Å². The number of fused-ring (bicyclic) bond motifs is 1. The van der Waals surface area contributed by atoms with Crippen LogP contribution in [0.1, 0.15) is 70.5 Å². The number of aromatic nitrogens is 4. The third kappa shape index (κ3) is 2.88. The summed E-state index contributed by atoms with van der Waals surface area (Å²) >= 11 is 0. The number of rotatable bonds is 4. The minimum absolute atomic E-state index is 0.243. The molecule has 3 saturated carbocycles.